The number of ether oxygens (including phenoxy) is 1. The molecule has 2 nitrogen and oxygen atoms in total. The molecule has 0 saturated carbocycles. The zero-order valence-corrected chi connectivity index (χ0v) is 12.4. The molecule has 0 aliphatic carbocycles. The van der Waals surface area contributed by atoms with Crippen LogP contribution in [0.25, 0.3) is 6.08 Å². The van der Waals surface area contributed by atoms with Crippen LogP contribution in [0.4, 0.5) is 0 Å². The smallest absolute Gasteiger partial charge is 0.119 e. The molecular weight excluding hydrogens is 234 g/mol. The maximum atomic E-state index is 5.75. The first-order valence-electron chi connectivity index (χ1n) is 7.37. The van der Waals surface area contributed by atoms with Gasteiger partial charge < -0.3 is 9.64 Å². The Hall–Kier alpha value is -1.28. The molecule has 0 unspecified atom stereocenters. The molecule has 19 heavy (non-hydrogen) atoms. The second-order valence-corrected chi connectivity index (χ2v) is 4.71. The zero-order valence-electron chi connectivity index (χ0n) is 12.4. The van der Waals surface area contributed by atoms with Crippen molar-refractivity contribution in [1.29, 1.82) is 0 Å². The van der Waals surface area contributed by atoms with Gasteiger partial charge in [0.05, 0.1) is 6.61 Å². The molecule has 2 heteroatoms. The van der Waals surface area contributed by atoms with Gasteiger partial charge in [-0.15, -0.1) is 0 Å². The van der Waals surface area contributed by atoms with E-state index >= 15 is 0 Å². The monoisotopic (exact) mass is 261 g/mol. The lowest BCUT2D eigenvalue weighted by Gasteiger charge is -2.17. The number of benzene rings is 1. The Balaban J connectivity index is 2.12. The van der Waals surface area contributed by atoms with E-state index in [1.54, 1.807) is 0 Å². The summed E-state index contributed by atoms with van der Waals surface area (Å²) in [4.78, 5) is 2.47. The molecular formula is C17H27NO. The molecule has 0 amide bonds. The van der Waals surface area contributed by atoms with Gasteiger partial charge in [0.15, 0.2) is 0 Å². The van der Waals surface area contributed by atoms with Gasteiger partial charge >= 0.3 is 0 Å². The largest absolute Gasteiger partial charge is 0.494 e. The Kier molecular flexibility index (Phi) is 7.99. The first-order valence-corrected chi connectivity index (χ1v) is 7.37. The summed E-state index contributed by atoms with van der Waals surface area (Å²) in [7, 11) is 0. The molecule has 0 N–H and O–H groups in total. The first kappa shape index (κ1) is 15.8. The summed E-state index contributed by atoms with van der Waals surface area (Å²) in [5.74, 6) is 0.946. The minimum Gasteiger partial charge on any atom is -0.494 e. The molecule has 106 valence electrons. The molecule has 0 aromatic heterocycles. The minimum absolute atomic E-state index is 0.804. The maximum Gasteiger partial charge on any atom is 0.119 e. The Bertz CT molecular complexity index is 358. The number of nitrogens with zero attached hydrogens (tertiary/aromatic N) is 1. The summed E-state index contributed by atoms with van der Waals surface area (Å²) in [5, 5.41) is 0. The molecule has 0 bridgehead atoms. The van der Waals surface area contributed by atoms with Crippen LogP contribution in [0.15, 0.2) is 30.8 Å². The van der Waals surface area contributed by atoms with Gasteiger partial charge in [-0.05, 0) is 56.6 Å². The van der Waals surface area contributed by atoms with Crippen molar-refractivity contribution < 1.29 is 4.74 Å². The van der Waals surface area contributed by atoms with Gasteiger partial charge in [-0.2, -0.15) is 0 Å². The van der Waals surface area contributed by atoms with Crippen LogP contribution in [0, 0.1) is 0 Å². The Labute approximate surface area is 118 Å². The molecule has 1 rings (SSSR count). The molecule has 0 aliphatic heterocycles. The lowest BCUT2D eigenvalue weighted by Crippen LogP contribution is -2.23. The fourth-order valence-corrected chi connectivity index (χ4v) is 2.08. The van der Waals surface area contributed by atoms with E-state index in [0.29, 0.717) is 0 Å². The number of hydrogen-bond donors (Lipinski definition) is 0. The van der Waals surface area contributed by atoms with Gasteiger partial charge in [-0.3, -0.25) is 0 Å². The fourth-order valence-electron chi connectivity index (χ4n) is 2.08. The summed E-state index contributed by atoms with van der Waals surface area (Å²) < 4.78 is 5.75. The van der Waals surface area contributed by atoms with Crippen LogP contribution in [0.3, 0.4) is 0 Å². The highest BCUT2D eigenvalue weighted by Gasteiger charge is 1.99. The third kappa shape index (κ3) is 6.44. The Morgan fingerprint density at radius 3 is 2.63 bits per heavy atom. The highest BCUT2D eigenvalue weighted by molar-refractivity contribution is 5.49. The van der Waals surface area contributed by atoms with Crippen molar-refractivity contribution in [2.24, 2.45) is 0 Å². The molecule has 0 radical (unpaired) electrons. The standard InChI is InChI=1S/C17H27NO/c1-4-16-11-10-12-17(15-16)19-14-9-7-8-13-18(5-2)6-3/h4,10-12,15H,1,5-9,13-14H2,2-3H3. The molecule has 0 fully saturated rings. The third-order valence-electron chi connectivity index (χ3n) is 3.38. The first-order chi connectivity index (χ1) is 9.30. The van der Waals surface area contributed by atoms with Crippen LogP contribution in [0.5, 0.6) is 5.75 Å². The quantitative estimate of drug-likeness (QED) is 0.585. The summed E-state index contributed by atoms with van der Waals surface area (Å²) >= 11 is 0. The average molecular weight is 261 g/mol. The molecule has 0 saturated heterocycles. The maximum absolute atomic E-state index is 5.75. The molecule has 1 aromatic rings. The van der Waals surface area contributed by atoms with E-state index in [1.807, 2.05) is 30.3 Å². The molecule has 0 atom stereocenters. The van der Waals surface area contributed by atoms with Crippen molar-refractivity contribution in [1.82, 2.24) is 4.90 Å². The van der Waals surface area contributed by atoms with Crippen LogP contribution in [-0.2, 0) is 0 Å². The van der Waals surface area contributed by atoms with Crippen molar-refractivity contribution in [2.75, 3.05) is 26.2 Å². The Morgan fingerprint density at radius 2 is 1.95 bits per heavy atom. The van der Waals surface area contributed by atoms with Crippen molar-refractivity contribution in [3.63, 3.8) is 0 Å². The molecule has 0 aliphatic rings. The van der Waals surface area contributed by atoms with E-state index in [4.69, 9.17) is 4.74 Å². The van der Waals surface area contributed by atoms with Gasteiger partial charge in [0.2, 0.25) is 0 Å². The number of rotatable bonds is 10. The second kappa shape index (κ2) is 9.62. The van der Waals surface area contributed by atoms with E-state index in [-0.39, 0.29) is 0 Å². The predicted octanol–water partition coefficient (Wildman–Crippen LogP) is 4.22. The van der Waals surface area contributed by atoms with Crippen LogP contribution >= 0.6 is 0 Å². The van der Waals surface area contributed by atoms with E-state index in [2.05, 4.69) is 25.3 Å². The summed E-state index contributed by atoms with van der Waals surface area (Å²) in [6.07, 6.45) is 5.46. The molecule has 0 heterocycles. The molecule has 0 spiro atoms. The average Bonchev–Trinajstić information content (AvgIpc) is 2.47. The van der Waals surface area contributed by atoms with Crippen molar-refractivity contribution >= 4 is 6.08 Å². The zero-order chi connectivity index (χ0) is 13.9. The second-order valence-electron chi connectivity index (χ2n) is 4.71. The minimum atomic E-state index is 0.804. The summed E-state index contributed by atoms with van der Waals surface area (Å²) in [6.45, 7) is 12.5. The molecule has 1 aromatic carbocycles. The number of unbranched alkanes of at least 4 members (excludes halogenated alkanes) is 2. The van der Waals surface area contributed by atoms with Gasteiger partial charge in [0, 0.05) is 0 Å². The SMILES string of the molecule is C=Cc1cccc(OCCCCCN(CC)CC)c1. The fraction of sp³-hybridized carbons (Fsp3) is 0.529. The van der Waals surface area contributed by atoms with Crippen molar-refractivity contribution in [3.05, 3.63) is 36.4 Å². The van der Waals surface area contributed by atoms with E-state index < -0.39 is 0 Å². The van der Waals surface area contributed by atoms with Crippen LogP contribution in [0.1, 0.15) is 38.7 Å². The van der Waals surface area contributed by atoms with Gasteiger partial charge in [0.25, 0.3) is 0 Å². The lowest BCUT2D eigenvalue weighted by molar-refractivity contribution is 0.277. The van der Waals surface area contributed by atoms with Crippen molar-refractivity contribution in [3.8, 4) is 5.75 Å². The van der Waals surface area contributed by atoms with Crippen molar-refractivity contribution in [2.45, 2.75) is 33.1 Å². The van der Waals surface area contributed by atoms with E-state index in [0.717, 1.165) is 37.4 Å². The van der Waals surface area contributed by atoms with Gasteiger partial charge in [-0.25, -0.2) is 0 Å². The summed E-state index contributed by atoms with van der Waals surface area (Å²) in [6, 6.07) is 8.07. The topological polar surface area (TPSA) is 12.5 Å². The van der Waals surface area contributed by atoms with Crippen LogP contribution < -0.4 is 4.74 Å². The summed E-state index contributed by atoms with van der Waals surface area (Å²) in [5.41, 5.74) is 1.11. The third-order valence-corrected chi connectivity index (χ3v) is 3.38. The Morgan fingerprint density at radius 1 is 1.16 bits per heavy atom. The van der Waals surface area contributed by atoms with E-state index in [1.165, 1.54) is 19.4 Å². The highest BCUT2D eigenvalue weighted by Crippen LogP contribution is 2.14. The van der Waals surface area contributed by atoms with Gasteiger partial charge in [-0.1, -0.05) is 38.6 Å². The predicted molar refractivity (Wildman–Crippen MR) is 83.7 cm³/mol. The van der Waals surface area contributed by atoms with Crippen LogP contribution in [0.2, 0.25) is 0 Å². The number of hydrogen-bond acceptors (Lipinski definition) is 2. The van der Waals surface area contributed by atoms with Crippen LogP contribution in [-0.4, -0.2) is 31.1 Å². The van der Waals surface area contributed by atoms with Gasteiger partial charge in [0.1, 0.15) is 5.75 Å². The highest BCUT2D eigenvalue weighted by atomic mass is 16.5. The lowest BCUT2D eigenvalue weighted by atomic mass is 10.2. The normalized spacial score (nSPS) is 10.7. The van der Waals surface area contributed by atoms with E-state index in [9.17, 15) is 0 Å².